The van der Waals surface area contributed by atoms with Crippen molar-refractivity contribution in [3.63, 3.8) is 0 Å². The number of Topliss-reactive ketones (excluding diaryl/α,β-unsaturated/α-hetero) is 3. The summed E-state index contributed by atoms with van der Waals surface area (Å²) in [4.78, 5) is 108. The summed E-state index contributed by atoms with van der Waals surface area (Å²) in [5, 5.41) is 12.7. The van der Waals surface area contributed by atoms with Gasteiger partial charge in [0.15, 0.2) is 22.5 Å². The van der Waals surface area contributed by atoms with Crippen LogP contribution in [0.1, 0.15) is 116 Å². The number of rotatable bonds is 34. The van der Waals surface area contributed by atoms with Crippen LogP contribution in [0.15, 0.2) is 107 Å². The molecule has 486 valence electrons. The van der Waals surface area contributed by atoms with E-state index in [4.69, 9.17) is 34.4 Å². The third-order valence-electron chi connectivity index (χ3n) is 16.2. The minimum atomic E-state index is -3.53. The third kappa shape index (κ3) is 16.8. The first kappa shape index (κ1) is 68.0. The number of aromatic nitrogens is 7. The molecule has 0 unspecified atom stereocenters. The molecule has 3 aromatic carbocycles. The van der Waals surface area contributed by atoms with E-state index < -0.39 is 45.1 Å². The van der Waals surface area contributed by atoms with Crippen molar-refractivity contribution >= 4 is 73.8 Å². The first-order chi connectivity index (χ1) is 44.3. The lowest BCUT2D eigenvalue weighted by Crippen LogP contribution is -2.47. The van der Waals surface area contributed by atoms with Crippen LogP contribution in [0.5, 0.6) is 0 Å². The number of para-hydroxylation sites is 1. The van der Waals surface area contributed by atoms with Gasteiger partial charge in [-0.25, -0.2) is 37.6 Å². The van der Waals surface area contributed by atoms with E-state index in [1.807, 2.05) is 56.5 Å². The van der Waals surface area contributed by atoms with Crippen LogP contribution in [-0.2, 0) is 97.6 Å². The number of ketones is 3. The van der Waals surface area contributed by atoms with Gasteiger partial charge in [-0.15, -0.1) is 5.10 Å². The molecule has 0 aliphatic carbocycles. The molecule has 6 heterocycles. The maximum atomic E-state index is 14.4. The van der Waals surface area contributed by atoms with E-state index >= 15 is 0 Å². The number of thioether (sulfide) groups is 1. The van der Waals surface area contributed by atoms with E-state index in [0.717, 1.165) is 27.6 Å². The van der Waals surface area contributed by atoms with Gasteiger partial charge >= 0.3 is 12.1 Å². The largest absolute Gasteiger partial charge is 0.510 e. The second kappa shape index (κ2) is 31.3. The van der Waals surface area contributed by atoms with Gasteiger partial charge in [0.2, 0.25) is 21.5 Å². The summed E-state index contributed by atoms with van der Waals surface area (Å²) in [6, 6.07) is 22.6. The molecule has 0 bridgehead atoms. The number of anilines is 1. The summed E-state index contributed by atoms with van der Waals surface area (Å²) in [6.45, 7) is 5.80. The number of pyridine rings is 2. The van der Waals surface area contributed by atoms with Crippen molar-refractivity contribution in [3.8, 4) is 22.5 Å². The highest BCUT2D eigenvalue weighted by Gasteiger charge is 2.51. The first-order valence-electron chi connectivity index (χ1n) is 30.6. The Morgan fingerprint density at radius 1 is 0.880 bits per heavy atom. The lowest BCUT2D eigenvalue weighted by Gasteiger charge is -2.35. The second-order valence-corrected chi connectivity index (χ2v) is 25.7. The topological polar surface area (TPSA) is 315 Å². The summed E-state index contributed by atoms with van der Waals surface area (Å²) in [7, 11) is -3.53. The van der Waals surface area contributed by atoms with Crippen LogP contribution in [0.3, 0.4) is 0 Å². The fraction of sp³-hybridized carbons (Fsp3) is 0.424. The van der Waals surface area contributed by atoms with Crippen molar-refractivity contribution in [3.05, 3.63) is 147 Å². The monoisotopic (exact) mass is 1300 g/mol. The molecule has 0 radical (unpaired) electrons. The highest BCUT2D eigenvalue weighted by atomic mass is 32.2. The predicted octanol–water partition coefficient (Wildman–Crippen LogP) is 7.96. The maximum absolute atomic E-state index is 14.4. The van der Waals surface area contributed by atoms with Crippen molar-refractivity contribution in [1.29, 1.82) is 0 Å². The van der Waals surface area contributed by atoms with Crippen molar-refractivity contribution in [2.45, 2.75) is 128 Å². The van der Waals surface area contributed by atoms with Gasteiger partial charge < -0.3 is 39.3 Å². The summed E-state index contributed by atoms with van der Waals surface area (Å²) < 4.78 is 58.3. The molecular formula is C66H76N10O14S2. The molecule has 4 aromatic heterocycles. The minimum Gasteiger partial charge on any atom is -0.457 e. The van der Waals surface area contributed by atoms with Gasteiger partial charge in [0.05, 0.1) is 54.1 Å². The van der Waals surface area contributed by atoms with Gasteiger partial charge in [0, 0.05) is 103 Å². The van der Waals surface area contributed by atoms with E-state index in [0.29, 0.717) is 109 Å². The van der Waals surface area contributed by atoms with E-state index in [1.165, 1.54) is 22.3 Å². The molecule has 3 N–H and O–H groups in total. The van der Waals surface area contributed by atoms with Gasteiger partial charge in [-0.1, -0.05) is 84.9 Å². The second-order valence-electron chi connectivity index (χ2n) is 23.0. The molecule has 2 aliphatic heterocycles. The number of hydrogen-bond acceptors (Lipinski definition) is 21. The summed E-state index contributed by atoms with van der Waals surface area (Å²) in [6.07, 6.45) is 10.3. The fourth-order valence-corrected chi connectivity index (χ4v) is 12.9. The molecule has 9 rings (SSSR count). The molecule has 0 saturated heterocycles. The Morgan fingerprint density at radius 3 is 2.35 bits per heavy atom. The normalized spacial score (nSPS) is 14.6. The minimum absolute atomic E-state index is 0.00586. The summed E-state index contributed by atoms with van der Waals surface area (Å²) in [5.74, 6) is -2.54. The molecule has 24 nitrogen and oxygen atoms in total. The zero-order valence-electron chi connectivity index (χ0n) is 52.2. The Kier molecular flexibility index (Phi) is 23.1. The predicted molar refractivity (Wildman–Crippen MR) is 343 cm³/mol. The average Bonchev–Trinajstić information content (AvgIpc) is 1.46. The van der Waals surface area contributed by atoms with E-state index in [1.54, 1.807) is 77.2 Å². The van der Waals surface area contributed by atoms with Crippen molar-refractivity contribution in [2.24, 2.45) is 11.7 Å². The Labute approximate surface area is 537 Å². The number of carbonyl (C=O) groups is 6. The van der Waals surface area contributed by atoms with Crippen LogP contribution in [0.4, 0.5) is 10.5 Å². The van der Waals surface area contributed by atoms with Gasteiger partial charge in [-0.2, -0.15) is 4.31 Å². The number of cyclic esters (lactones) is 1. The number of nitrogens with two attached hydrogens (primary N) is 1. The van der Waals surface area contributed by atoms with Gasteiger partial charge in [-0.3, -0.25) is 24.0 Å². The quantitative estimate of drug-likeness (QED) is 0.0127. The third-order valence-corrected chi connectivity index (χ3v) is 18.3. The fourth-order valence-electron chi connectivity index (χ4n) is 11.4. The SMILES string of the molecule is CC[C@@]1(OC(=O)OCc2ccc(NC(=O)[C@H](CCCCN)CC(=O)COCC(=O)CCCOCCn3cc(CCC(=O)c4ccc(-c5cnc(SC)nc5)cc4)nn3)cc2)C(=O)OCc2c1cc1n(c2=O)Cc2c-1nc1ccccc1c2CCN(C(C)C)S(C)(=O)=O. The number of nitrogens with one attached hydrogen (secondary N) is 1. The van der Waals surface area contributed by atoms with E-state index in [-0.39, 0.29) is 99.7 Å². The Hall–Kier alpha value is -8.40. The molecule has 2 aliphatic rings. The molecule has 0 fully saturated rings. The van der Waals surface area contributed by atoms with Crippen molar-refractivity contribution in [1.82, 2.24) is 38.8 Å². The molecule has 1 amide bonds. The first-order valence-corrected chi connectivity index (χ1v) is 33.7. The number of fused-ring (bicyclic) bond motifs is 5. The van der Waals surface area contributed by atoms with Crippen LogP contribution in [0.2, 0.25) is 0 Å². The van der Waals surface area contributed by atoms with Crippen molar-refractivity contribution < 1.29 is 60.9 Å². The van der Waals surface area contributed by atoms with Gasteiger partial charge in [0.25, 0.3) is 5.56 Å². The Balaban J connectivity index is 0.702. The van der Waals surface area contributed by atoms with Crippen LogP contribution >= 0.6 is 11.8 Å². The Bertz CT molecular complexity index is 3990. The molecule has 2 atom stereocenters. The summed E-state index contributed by atoms with van der Waals surface area (Å²) >= 11 is 1.47. The standard InChI is InChI=1S/C66H76N10O14S2/c1-6-66(56-33-58-60-54(37-75(58)62(81)55(56)41-88-63(66)82)52(53-14-7-8-15-57(53)71-60)26-28-76(42(2)3)92(5,84)85)90-65(83)89-38-43-16-22-48(23-17-43)70-61(80)46(12-9-10-27-67)32-51(78)40-87-39-50(77)13-11-30-86-31-29-74-36-49(72-73-74)24-25-59(79)45-20-18-44(19-21-45)47-34-68-64(91-4)69-35-47/h7-8,14-23,33-36,42,46H,6,9-13,24-32,37-41,67H2,1-5H3,(H,70,80)/t46-,66+/m1/s1. The van der Waals surface area contributed by atoms with Crippen LogP contribution in [0.25, 0.3) is 33.4 Å². The number of ether oxygens (including phenoxy) is 5. The molecule has 0 saturated carbocycles. The molecule has 7 aromatic rings. The smallest absolute Gasteiger partial charge is 0.457 e. The van der Waals surface area contributed by atoms with Crippen molar-refractivity contribution in [2.75, 3.05) is 57.3 Å². The number of benzene rings is 3. The van der Waals surface area contributed by atoms with Gasteiger partial charge in [-0.05, 0) is 99.7 Å². The number of carbonyl (C=O) groups excluding carboxylic acids is 6. The number of hydrogen-bond donors (Lipinski definition) is 2. The number of unbranched alkanes of at least 4 members (excludes halogenated alkanes) is 1. The molecule has 26 heteroatoms. The number of sulfonamides is 1. The molecule has 92 heavy (non-hydrogen) atoms. The number of aryl methyl sites for hydroxylation is 1. The van der Waals surface area contributed by atoms with E-state index in [2.05, 4.69) is 25.6 Å². The number of esters is 1. The maximum Gasteiger partial charge on any atom is 0.510 e. The highest BCUT2D eigenvalue weighted by molar-refractivity contribution is 7.98. The lowest BCUT2D eigenvalue weighted by molar-refractivity contribution is -0.175. The summed E-state index contributed by atoms with van der Waals surface area (Å²) in [5.41, 5.74) is 10.6. The van der Waals surface area contributed by atoms with Crippen LogP contribution < -0.4 is 16.6 Å². The molecule has 0 spiro atoms. The van der Waals surface area contributed by atoms with Crippen LogP contribution in [0, 0.1) is 5.92 Å². The van der Waals surface area contributed by atoms with Gasteiger partial charge in [0.1, 0.15) is 26.4 Å². The highest BCUT2D eigenvalue weighted by Crippen LogP contribution is 2.42. The van der Waals surface area contributed by atoms with Crippen LogP contribution in [-0.4, -0.2) is 141 Å². The Morgan fingerprint density at radius 2 is 1.63 bits per heavy atom. The number of nitrogens with zero attached hydrogens (tertiary/aromatic N) is 8. The zero-order valence-corrected chi connectivity index (χ0v) is 53.9. The van der Waals surface area contributed by atoms with E-state index in [9.17, 15) is 42.0 Å². The zero-order chi connectivity index (χ0) is 65.5. The average molecular weight is 1300 g/mol. The lowest BCUT2D eigenvalue weighted by atomic mass is 9.85. The molecular weight excluding hydrogens is 1220 g/mol. The number of amides is 1.